The molecule has 1 nitrogen and oxygen atoms in total. The highest BCUT2D eigenvalue weighted by Gasteiger charge is 2.43. The van der Waals surface area contributed by atoms with Gasteiger partial charge in [-0.2, -0.15) is 0 Å². The first-order valence-corrected chi connectivity index (χ1v) is 6.87. The van der Waals surface area contributed by atoms with Crippen molar-refractivity contribution in [3.05, 3.63) is 35.4 Å². The van der Waals surface area contributed by atoms with Gasteiger partial charge in [0.05, 0.1) is 0 Å². The molecular weight excluding hydrogens is 206 g/mol. The van der Waals surface area contributed by atoms with Gasteiger partial charge in [-0.25, -0.2) is 0 Å². The van der Waals surface area contributed by atoms with Crippen LogP contribution >= 0.6 is 0 Å². The van der Waals surface area contributed by atoms with Gasteiger partial charge in [0.1, 0.15) is 0 Å². The molecule has 1 saturated carbocycles. The maximum atomic E-state index is 3.58. The quantitative estimate of drug-likeness (QED) is 0.812. The molecule has 1 aromatic carbocycles. The van der Waals surface area contributed by atoms with Crippen LogP contribution in [0.2, 0.25) is 0 Å². The first-order chi connectivity index (χ1) is 8.03. The summed E-state index contributed by atoms with van der Waals surface area (Å²) in [7, 11) is 0. The first-order valence-electron chi connectivity index (χ1n) is 6.87. The average molecular weight is 231 g/mol. The summed E-state index contributed by atoms with van der Waals surface area (Å²) in [5.41, 5.74) is 3.41. The van der Waals surface area contributed by atoms with Gasteiger partial charge in [0.2, 0.25) is 0 Å². The summed E-state index contributed by atoms with van der Waals surface area (Å²) in [5.74, 6) is 0.632. The molecule has 0 radical (unpaired) electrons. The molecular formula is C16H25N. The van der Waals surface area contributed by atoms with Gasteiger partial charge >= 0.3 is 0 Å². The molecule has 17 heavy (non-hydrogen) atoms. The highest BCUT2D eigenvalue weighted by atomic mass is 14.9. The van der Waals surface area contributed by atoms with Crippen LogP contribution in [0.1, 0.15) is 57.6 Å². The second-order valence-electron chi connectivity index (χ2n) is 6.09. The fourth-order valence-corrected chi connectivity index (χ4v) is 2.34. The van der Waals surface area contributed by atoms with Crippen LogP contribution in [0.3, 0.4) is 0 Å². The van der Waals surface area contributed by atoms with Crippen LogP contribution in [-0.4, -0.2) is 12.6 Å². The predicted octanol–water partition coefficient (Wildman–Crippen LogP) is 3.84. The van der Waals surface area contributed by atoms with Crippen molar-refractivity contribution in [2.75, 3.05) is 6.54 Å². The molecule has 0 unspecified atom stereocenters. The molecule has 1 aliphatic rings. The molecule has 1 fully saturated rings. The SMILES string of the molecule is CC(C)NCC1(c2ccc(C(C)C)cc2)CC1. The molecule has 2 rings (SSSR count). The molecule has 1 N–H and O–H groups in total. The molecule has 0 spiro atoms. The smallest absolute Gasteiger partial charge is 0.00785 e. The lowest BCUT2D eigenvalue weighted by Crippen LogP contribution is -2.32. The summed E-state index contributed by atoms with van der Waals surface area (Å²) < 4.78 is 0. The van der Waals surface area contributed by atoms with Gasteiger partial charge in [-0.05, 0) is 29.9 Å². The van der Waals surface area contributed by atoms with Gasteiger partial charge in [0.15, 0.2) is 0 Å². The third-order valence-electron chi connectivity index (χ3n) is 3.89. The second kappa shape index (κ2) is 4.81. The van der Waals surface area contributed by atoms with E-state index < -0.39 is 0 Å². The maximum Gasteiger partial charge on any atom is 0.00785 e. The monoisotopic (exact) mass is 231 g/mol. The molecule has 0 aliphatic heterocycles. The molecule has 0 aromatic heterocycles. The molecule has 1 aromatic rings. The number of benzene rings is 1. The number of nitrogens with one attached hydrogen (secondary N) is 1. The van der Waals surface area contributed by atoms with Crippen molar-refractivity contribution in [2.24, 2.45) is 0 Å². The van der Waals surface area contributed by atoms with Gasteiger partial charge in [-0.1, -0.05) is 52.0 Å². The third-order valence-corrected chi connectivity index (χ3v) is 3.89. The van der Waals surface area contributed by atoms with Crippen LogP contribution in [0.25, 0.3) is 0 Å². The van der Waals surface area contributed by atoms with E-state index in [2.05, 4.69) is 57.3 Å². The minimum absolute atomic E-state index is 0.444. The van der Waals surface area contributed by atoms with E-state index in [4.69, 9.17) is 0 Å². The van der Waals surface area contributed by atoms with Gasteiger partial charge in [-0.3, -0.25) is 0 Å². The average Bonchev–Trinajstić information content (AvgIpc) is 3.08. The lowest BCUT2D eigenvalue weighted by atomic mass is 9.92. The Morgan fingerprint density at radius 2 is 1.65 bits per heavy atom. The van der Waals surface area contributed by atoms with E-state index in [1.807, 2.05) is 0 Å². The number of hydrogen-bond donors (Lipinski definition) is 1. The van der Waals surface area contributed by atoms with E-state index in [9.17, 15) is 0 Å². The van der Waals surface area contributed by atoms with E-state index in [1.54, 1.807) is 0 Å². The van der Waals surface area contributed by atoms with E-state index in [1.165, 1.54) is 24.0 Å². The molecule has 0 amide bonds. The van der Waals surface area contributed by atoms with Crippen molar-refractivity contribution < 1.29 is 0 Å². The molecule has 1 heteroatoms. The molecule has 0 atom stereocenters. The van der Waals surface area contributed by atoms with Crippen molar-refractivity contribution in [1.29, 1.82) is 0 Å². The fraction of sp³-hybridized carbons (Fsp3) is 0.625. The van der Waals surface area contributed by atoms with E-state index >= 15 is 0 Å². The lowest BCUT2D eigenvalue weighted by Gasteiger charge is -2.19. The van der Waals surface area contributed by atoms with Crippen LogP contribution in [0.15, 0.2) is 24.3 Å². The van der Waals surface area contributed by atoms with Crippen LogP contribution < -0.4 is 5.32 Å². The second-order valence-corrected chi connectivity index (χ2v) is 6.09. The highest BCUT2D eigenvalue weighted by molar-refractivity contribution is 5.35. The first kappa shape index (κ1) is 12.6. The van der Waals surface area contributed by atoms with Gasteiger partial charge < -0.3 is 5.32 Å². The highest BCUT2D eigenvalue weighted by Crippen LogP contribution is 2.47. The van der Waals surface area contributed by atoms with Crippen molar-refractivity contribution in [1.82, 2.24) is 5.32 Å². The minimum atomic E-state index is 0.444. The Morgan fingerprint density at radius 3 is 2.06 bits per heavy atom. The Bertz CT molecular complexity index is 358. The summed E-state index contributed by atoms with van der Waals surface area (Å²) in [5, 5.41) is 3.58. The molecule has 0 bridgehead atoms. The third kappa shape index (κ3) is 2.90. The number of rotatable bonds is 5. The molecule has 0 saturated heterocycles. The largest absolute Gasteiger partial charge is 0.314 e. The van der Waals surface area contributed by atoms with Crippen molar-refractivity contribution in [2.45, 2.75) is 57.9 Å². The van der Waals surface area contributed by atoms with Crippen molar-refractivity contribution in [3.63, 3.8) is 0 Å². The summed E-state index contributed by atoms with van der Waals surface area (Å²) in [6, 6.07) is 9.86. The zero-order valence-electron chi connectivity index (χ0n) is 11.6. The maximum absolute atomic E-state index is 3.58. The Balaban J connectivity index is 2.06. The topological polar surface area (TPSA) is 12.0 Å². The van der Waals surface area contributed by atoms with Gasteiger partial charge in [0, 0.05) is 18.0 Å². The normalized spacial score (nSPS) is 17.8. The minimum Gasteiger partial charge on any atom is -0.314 e. The Morgan fingerprint density at radius 1 is 1.06 bits per heavy atom. The Labute approximate surface area is 106 Å². The summed E-state index contributed by atoms with van der Waals surface area (Å²) in [6.45, 7) is 10.1. The summed E-state index contributed by atoms with van der Waals surface area (Å²) in [6.07, 6.45) is 2.68. The number of hydrogen-bond acceptors (Lipinski definition) is 1. The predicted molar refractivity (Wildman–Crippen MR) is 74.6 cm³/mol. The molecule has 0 heterocycles. The Hall–Kier alpha value is -0.820. The van der Waals surface area contributed by atoms with Gasteiger partial charge in [-0.15, -0.1) is 0 Å². The van der Waals surface area contributed by atoms with E-state index in [0.29, 0.717) is 17.4 Å². The van der Waals surface area contributed by atoms with Crippen LogP contribution in [0.4, 0.5) is 0 Å². The zero-order chi connectivity index (χ0) is 12.5. The summed E-state index contributed by atoms with van der Waals surface area (Å²) >= 11 is 0. The van der Waals surface area contributed by atoms with Crippen LogP contribution in [-0.2, 0) is 5.41 Å². The lowest BCUT2D eigenvalue weighted by molar-refractivity contribution is 0.520. The van der Waals surface area contributed by atoms with Crippen LogP contribution in [0.5, 0.6) is 0 Å². The van der Waals surface area contributed by atoms with Gasteiger partial charge in [0.25, 0.3) is 0 Å². The van der Waals surface area contributed by atoms with E-state index in [0.717, 1.165) is 6.54 Å². The Kier molecular flexibility index (Phi) is 3.58. The van der Waals surface area contributed by atoms with E-state index in [-0.39, 0.29) is 0 Å². The van der Waals surface area contributed by atoms with Crippen molar-refractivity contribution in [3.8, 4) is 0 Å². The van der Waals surface area contributed by atoms with Crippen molar-refractivity contribution >= 4 is 0 Å². The molecule has 1 aliphatic carbocycles. The fourth-order valence-electron chi connectivity index (χ4n) is 2.34. The standard InChI is InChI=1S/C16H25N/c1-12(2)14-5-7-15(8-6-14)16(9-10-16)11-17-13(3)4/h5-8,12-13,17H,9-11H2,1-4H3. The molecule has 94 valence electrons. The zero-order valence-corrected chi connectivity index (χ0v) is 11.6. The summed E-state index contributed by atoms with van der Waals surface area (Å²) in [4.78, 5) is 0. The van der Waals surface area contributed by atoms with Crippen LogP contribution in [0, 0.1) is 0 Å².